The van der Waals surface area contributed by atoms with E-state index in [2.05, 4.69) is 0 Å². The normalized spacial score (nSPS) is 0. The van der Waals surface area contributed by atoms with E-state index in [0.717, 1.165) is 0 Å². The second-order valence-corrected chi connectivity index (χ2v) is 0. The van der Waals surface area contributed by atoms with Crippen molar-refractivity contribution in [3.05, 3.63) is 0 Å². The number of hydrogen-bond donors (Lipinski definition) is 0. The van der Waals surface area contributed by atoms with E-state index in [1.165, 1.54) is 0 Å². The summed E-state index contributed by atoms with van der Waals surface area (Å²) < 4.78 is 0. The molecular formula is H3CaFePZn. The topological polar surface area (TPSA) is 0 Å². The Bertz CT molecular complexity index is 8.00. The van der Waals surface area contributed by atoms with E-state index in [4.69, 9.17) is 0 Å². The van der Waals surface area contributed by atoms with Crippen LogP contribution in [0.1, 0.15) is 0 Å². The smallest absolute Gasteiger partial charge is 0 e. The zero-order valence-corrected chi connectivity index (χ0v) is 10.2. The average molecular weight is 195 g/mol. The van der Waals surface area contributed by atoms with E-state index < -0.39 is 0 Å². The third-order valence-corrected chi connectivity index (χ3v) is 0. The molecule has 4 heteroatoms. The Morgan fingerprint density at radius 1 is 1.00 bits per heavy atom. The molecule has 4 heavy (non-hydrogen) atoms. The van der Waals surface area contributed by atoms with Crippen LogP contribution in [-0.4, -0.2) is 37.7 Å². The monoisotopic (exact) mass is 194 g/mol. The summed E-state index contributed by atoms with van der Waals surface area (Å²) in [5, 5.41) is 0. The molecule has 0 amide bonds. The Kier molecular flexibility index (Phi) is 123. The second kappa shape index (κ2) is 17.0. The van der Waals surface area contributed by atoms with Crippen LogP contribution in [0.2, 0.25) is 0 Å². The van der Waals surface area contributed by atoms with Crippen molar-refractivity contribution in [3.63, 3.8) is 0 Å². The van der Waals surface area contributed by atoms with E-state index in [0.29, 0.717) is 0 Å². The molecule has 0 bridgehead atoms. The first-order chi connectivity index (χ1) is 0. The molecule has 0 aromatic carbocycles. The van der Waals surface area contributed by atoms with Crippen LogP contribution in [0.15, 0.2) is 0 Å². The zero-order chi connectivity index (χ0) is 0. The molecule has 0 spiro atoms. The second-order valence-electron chi connectivity index (χ2n) is 0. The third-order valence-electron chi connectivity index (χ3n) is 0. The third kappa shape index (κ3) is 8.85. The van der Waals surface area contributed by atoms with Crippen molar-refractivity contribution in [2.75, 3.05) is 0 Å². The van der Waals surface area contributed by atoms with Crippen LogP contribution in [0.25, 0.3) is 0 Å². The minimum Gasteiger partial charge on any atom is -0.153 e. The molecule has 0 saturated heterocycles. The molecule has 0 aromatic rings. The van der Waals surface area contributed by atoms with Crippen LogP contribution in [0.5, 0.6) is 0 Å². The van der Waals surface area contributed by atoms with Crippen LogP contribution < -0.4 is 0 Å². The quantitative estimate of drug-likeness (QED) is 0.367. The molecule has 0 saturated carbocycles. The molecule has 1 unspecified atom stereocenters. The van der Waals surface area contributed by atoms with Gasteiger partial charge >= 0.3 is 0 Å². The summed E-state index contributed by atoms with van der Waals surface area (Å²) in [5.41, 5.74) is 0. The Labute approximate surface area is 82.7 Å². The molecule has 20 valence electrons. The number of rotatable bonds is 0. The average Bonchev–Trinajstić information content (AvgIpc) is 0. The van der Waals surface area contributed by atoms with Gasteiger partial charge in [-0.25, -0.2) is 0 Å². The summed E-state index contributed by atoms with van der Waals surface area (Å²) in [5.74, 6) is 0. The Hall–Kier alpha value is 2.83. The van der Waals surface area contributed by atoms with E-state index in [-0.39, 0.29) is 84.2 Å². The molecular weight excluding hydrogens is 192 g/mol. The van der Waals surface area contributed by atoms with Crippen LogP contribution in [0, 0.1) is 0 Å². The predicted octanol–water partition coefficient (Wildman–Crippen LogP) is -0.328. The van der Waals surface area contributed by atoms with Crippen molar-refractivity contribution in [2.24, 2.45) is 0 Å². The standard InChI is InChI=1S/Ca.Fe.H3P.Zn/h;;1H3;. The van der Waals surface area contributed by atoms with Gasteiger partial charge in [0, 0.05) is 74.3 Å². The van der Waals surface area contributed by atoms with Crippen molar-refractivity contribution < 1.29 is 36.5 Å². The van der Waals surface area contributed by atoms with Gasteiger partial charge in [-0.15, -0.1) is 0 Å². The van der Waals surface area contributed by atoms with Gasteiger partial charge in [0.05, 0.1) is 0 Å². The maximum absolute atomic E-state index is 0. The summed E-state index contributed by atoms with van der Waals surface area (Å²) in [4.78, 5) is 0. The van der Waals surface area contributed by atoms with Gasteiger partial charge in [0.15, 0.2) is 0 Å². The Morgan fingerprint density at radius 3 is 1.00 bits per heavy atom. The molecule has 0 aliphatic rings. The minimum atomic E-state index is 0. The van der Waals surface area contributed by atoms with Crippen molar-refractivity contribution in [1.29, 1.82) is 0 Å². The molecule has 0 aliphatic heterocycles. The fraction of sp³-hybridized carbons (Fsp3) is 0. The SMILES string of the molecule is P.[Ca].[Fe].[Zn]. The maximum atomic E-state index is 0. The van der Waals surface area contributed by atoms with Gasteiger partial charge in [0.2, 0.25) is 0 Å². The Balaban J connectivity index is 0. The van der Waals surface area contributed by atoms with Gasteiger partial charge in [-0.2, -0.15) is 9.90 Å². The Morgan fingerprint density at radius 2 is 1.00 bits per heavy atom. The molecule has 2 radical (unpaired) electrons. The summed E-state index contributed by atoms with van der Waals surface area (Å²) >= 11 is 0. The summed E-state index contributed by atoms with van der Waals surface area (Å²) in [6.07, 6.45) is 0. The molecule has 0 N–H and O–H groups in total. The van der Waals surface area contributed by atoms with Crippen LogP contribution in [0.4, 0.5) is 0 Å². The van der Waals surface area contributed by atoms with Crippen LogP contribution in [0.3, 0.4) is 0 Å². The maximum Gasteiger partial charge on any atom is 0 e. The van der Waals surface area contributed by atoms with Crippen molar-refractivity contribution in [3.8, 4) is 0 Å². The van der Waals surface area contributed by atoms with E-state index >= 15 is 0 Å². The van der Waals surface area contributed by atoms with E-state index in [9.17, 15) is 0 Å². The molecule has 0 rings (SSSR count). The fourth-order valence-corrected chi connectivity index (χ4v) is 0. The van der Waals surface area contributed by atoms with Crippen molar-refractivity contribution >= 4 is 47.6 Å². The first-order valence-corrected chi connectivity index (χ1v) is 0. The van der Waals surface area contributed by atoms with Crippen molar-refractivity contribution in [1.82, 2.24) is 0 Å². The summed E-state index contributed by atoms with van der Waals surface area (Å²) in [6, 6.07) is 0. The molecule has 0 heterocycles. The van der Waals surface area contributed by atoms with Gasteiger partial charge in [-0.3, -0.25) is 0 Å². The largest absolute Gasteiger partial charge is 0.153 e. The van der Waals surface area contributed by atoms with E-state index in [1.807, 2.05) is 0 Å². The summed E-state index contributed by atoms with van der Waals surface area (Å²) in [6.45, 7) is 0. The van der Waals surface area contributed by atoms with Gasteiger partial charge < -0.3 is 0 Å². The minimum absolute atomic E-state index is 0. The number of hydrogen-bond acceptors (Lipinski definition) is 0. The van der Waals surface area contributed by atoms with Gasteiger partial charge in [0.25, 0.3) is 0 Å². The zero-order valence-electron chi connectivity index (χ0n) is 2.47. The van der Waals surface area contributed by atoms with Gasteiger partial charge in [0.1, 0.15) is 0 Å². The van der Waals surface area contributed by atoms with E-state index in [1.54, 1.807) is 0 Å². The predicted molar refractivity (Wildman–Crippen MR) is 16.9 cm³/mol. The van der Waals surface area contributed by atoms with Gasteiger partial charge in [-0.05, 0) is 0 Å². The first kappa shape index (κ1) is 29.0. The van der Waals surface area contributed by atoms with Gasteiger partial charge in [-0.1, -0.05) is 0 Å². The molecule has 0 fully saturated rings. The van der Waals surface area contributed by atoms with Crippen molar-refractivity contribution in [2.45, 2.75) is 0 Å². The van der Waals surface area contributed by atoms with Crippen LogP contribution in [-0.2, 0) is 36.5 Å². The first-order valence-electron chi connectivity index (χ1n) is 0. The molecule has 0 aliphatic carbocycles. The molecule has 0 aromatic heterocycles. The molecule has 1 atom stereocenters. The van der Waals surface area contributed by atoms with Crippen LogP contribution >= 0.6 is 9.90 Å². The molecule has 0 nitrogen and oxygen atoms in total. The summed E-state index contributed by atoms with van der Waals surface area (Å²) in [7, 11) is 0. The fourth-order valence-electron chi connectivity index (χ4n) is 0.